The van der Waals surface area contributed by atoms with Gasteiger partial charge in [0.25, 0.3) is 0 Å². The van der Waals surface area contributed by atoms with Crippen LogP contribution in [0.15, 0.2) is 36.4 Å². The highest BCUT2D eigenvalue weighted by Crippen LogP contribution is 2.17. The SMILES string of the molecule is Nc1ccc(Cc2ccc(Cl)cc2)c(N)n1. The molecule has 4 N–H and O–H groups in total. The van der Waals surface area contributed by atoms with Crippen LogP contribution in [0.2, 0.25) is 5.02 Å². The van der Waals surface area contributed by atoms with Gasteiger partial charge in [-0.1, -0.05) is 29.8 Å². The van der Waals surface area contributed by atoms with Gasteiger partial charge in [0.05, 0.1) is 0 Å². The molecule has 0 saturated carbocycles. The fourth-order valence-corrected chi connectivity index (χ4v) is 1.62. The summed E-state index contributed by atoms with van der Waals surface area (Å²) in [4.78, 5) is 4.02. The van der Waals surface area contributed by atoms with E-state index in [2.05, 4.69) is 4.98 Å². The van der Waals surface area contributed by atoms with Crippen LogP contribution in [0.25, 0.3) is 0 Å². The van der Waals surface area contributed by atoms with Crippen LogP contribution < -0.4 is 11.5 Å². The minimum Gasteiger partial charge on any atom is -0.384 e. The van der Waals surface area contributed by atoms with E-state index in [1.807, 2.05) is 30.3 Å². The molecule has 0 atom stereocenters. The molecule has 0 aliphatic heterocycles. The normalized spacial score (nSPS) is 10.3. The number of benzene rings is 1. The summed E-state index contributed by atoms with van der Waals surface area (Å²) in [5, 5.41) is 0.729. The Bertz CT molecular complexity index is 494. The first-order valence-corrected chi connectivity index (χ1v) is 5.28. The standard InChI is InChI=1S/C12H12ClN3/c13-10-4-1-8(2-5-10)7-9-3-6-11(14)16-12(9)15/h1-6H,7H2,(H4,14,15,16). The van der Waals surface area contributed by atoms with Crippen LogP contribution in [-0.4, -0.2) is 4.98 Å². The Labute approximate surface area is 99.1 Å². The summed E-state index contributed by atoms with van der Waals surface area (Å²) in [5.41, 5.74) is 13.4. The van der Waals surface area contributed by atoms with Crippen LogP contribution in [-0.2, 0) is 6.42 Å². The lowest BCUT2D eigenvalue weighted by molar-refractivity contribution is 1.16. The van der Waals surface area contributed by atoms with E-state index in [0.29, 0.717) is 11.6 Å². The first-order valence-electron chi connectivity index (χ1n) is 4.90. The molecule has 0 bridgehead atoms. The quantitative estimate of drug-likeness (QED) is 0.838. The van der Waals surface area contributed by atoms with Gasteiger partial charge < -0.3 is 11.5 Å². The minimum absolute atomic E-state index is 0.442. The summed E-state index contributed by atoms with van der Waals surface area (Å²) < 4.78 is 0. The summed E-state index contributed by atoms with van der Waals surface area (Å²) in [6, 6.07) is 11.3. The smallest absolute Gasteiger partial charge is 0.129 e. The van der Waals surface area contributed by atoms with E-state index in [0.717, 1.165) is 22.6 Å². The van der Waals surface area contributed by atoms with Gasteiger partial charge in [0.15, 0.2) is 0 Å². The molecule has 0 spiro atoms. The second kappa shape index (κ2) is 4.41. The van der Waals surface area contributed by atoms with Crippen molar-refractivity contribution in [3.05, 3.63) is 52.5 Å². The third kappa shape index (κ3) is 2.44. The maximum Gasteiger partial charge on any atom is 0.129 e. The zero-order valence-corrected chi connectivity index (χ0v) is 9.41. The van der Waals surface area contributed by atoms with Crippen molar-refractivity contribution < 1.29 is 0 Å². The molecular formula is C12H12ClN3. The maximum atomic E-state index is 5.81. The van der Waals surface area contributed by atoms with Gasteiger partial charge in [-0.3, -0.25) is 0 Å². The topological polar surface area (TPSA) is 64.9 Å². The molecule has 0 saturated heterocycles. The largest absolute Gasteiger partial charge is 0.384 e. The zero-order valence-electron chi connectivity index (χ0n) is 8.65. The first kappa shape index (κ1) is 10.8. The van der Waals surface area contributed by atoms with E-state index < -0.39 is 0 Å². The lowest BCUT2D eigenvalue weighted by atomic mass is 10.1. The molecular weight excluding hydrogens is 222 g/mol. The van der Waals surface area contributed by atoms with Gasteiger partial charge in [-0.15, -0.1) is 0 Å². The van der Waals surface area contributed by atoms with Crippen molar-refractivity contribution >= 4 is 23.2 Å². The summed E-state index contributed by atoms with van der Waals surface area (Å²) in [6.45, 7) is 0. The maximum absolute atomic E-state index is 5.81. The fourth-order valence-electron chi connectivity index (χ4n) is 1.49. The molecule has 0 radical (unpaired) electrons. The van der Waals surface area contributed by atoms with E-state index >= 15 is 0 Å². The van der Waals surface area contributed by atoms with E-state index in [1.165, 1.54) is 0 Å². The Morgan fingerprint density at radius 2 is 1.69 bits per heavy atom. The molecule has 0 aliphatic rings. The summed E-state index contributed by atoms with van der Waals surface area (Å²) in [5.74, 6) is 0.923. The van der Waals surface area contributed by atoms with Crippen molar-refractivity contribution in [1.29, 1.82) is 0 Å². The molecule has 0 unspecified atom stereocenters. The second-order valence-corrected chi connectivity index (χ2v) is 4.02. The monoisotopic (exact) mass is 233 g/mol. The Morgan fingerprint density at radius 3 is 2.31 bits per heavy atom. The first-order chi connectivity index (χ1) is 7.65. The molecule has 82 valence electrons. The highest BCUT2D eigenvalue weighted by atomic mass is 35.5. The van der Waals surface area contributed by atoms with Gasteiger partial charge in [0.1, 0.15) is 11.6 Å². The number of anilines is 2. The summed E-state index contributed by atoms with van der Waals surface area (Å²) >= 11 is 5.81. The molecule has 1 heterocycles. The highest BCUT2D eigenvalue weighted by molar-refractivity contribution is 6.30. The predicted octanol–water partition coefficient (Wildman–Crippen LogP) is 2.49. The van der Waals surface area contributed by atoms with Crippen molar-refractivity contribution in [2.75, 3.05) is 11.5 Å². The predicted molar refractivity (Wildman–Crippen MR) is 67.3 cm³/mol. The van der Waals surface area contributed by atoms with Crippen LogP contribution in [0, 0.1) is 0 Å². The van der Waals surface area contributed by atoms with Gasteiger partial charge in [-0.25, -0.2) is 4.98 Å². The van der Waals surface area contributed by atoms with Gasteiger partial charge in [0, 0.05) is 11.4 Å². The van der Waals surface area contributed by atoms with Crippen molar-refractivity contribution in [3.63, 3.8) is 0 Å². The average molecular weight is 234 g/mol. The lowest BCUT2D eigenvalue weighted by Gasteiger charge is -2.05. The number of hydrogen-bond donors (Lipinski definition) is 2. The van der Waals surface area contributed by atoms with Crippen LogP contribution in [0.3, 0.4) is 0 Å². The molecule has 16 heavy (non-hydrogen) atoms. The van der Waals surface area contributed by atoms with Gasteiger partial charge in [-0.05, 0) is 29.3 Å². The van der Waals surface area contributed by atoms with Crippen LogP contribution in [0.4, 0.5) is 11.6 Å². The Hall–Kier alpha value is -1.74. The van der Waals surface area contributed by atoms with Crippen LogP contribution >= 0.6 is 11.6 Å². The molecule has 4 heteroatoms. The molecule has 1 aromatic carbocycles. The summed E-state index contributed by atoms with van der Waals surface area (Å²) in [7, 11) is 0. The third-order valence-corrected chi connectivity index (χ3v) is 2.59. The van der Waals surface area contributed by atoms with E-state index in [-0.39, 0.29) is 0 Å². The van der Waals surface area contributed by atoms with Crippen molar-refractivity contribution in [2.24, 2.45) is 0 Å². The molecule has 0 amide bonds. The number of nitrogens with zero attached hydrogens (tertiary/aromatic N) is 1. The second-order valence-electron chi connectivity index (χ2n) is 3.58. The number of nitrogens with two attached hydrogens (primary N) is 2. The van der Waals surface area contributed by atoms with E-state index in [4.69, 9.17) is 23.1 Å². The third-order valence-electron chi connectivity index (χ3n) is 2.34. The van der Waals surface area contributed by atoms with Gasteiger partial charge in [0.2, 0.25) is 0 Å². The Morgan fingerprint density at radius 1 is 1.00 bits per heavy atom. The van der Waals surface area contributed by atoms with E-state index in [1.54, 1.807) is 6.07 Å². The van der Waals surface area contributed by atoms with Crippen LogP contribution in [0.1, 0.15) is 11.1 Å². The molecule has 2 rings (SSSR count). The van der Waals surface area contributed by atoms with Crippen molar-refractivity contribution in [1.82, 2.24) is 4.98 Å². The highest BCUT2D eigenvalue weighted by Gasteiger charge is 2.02. The minimum atomic E-state index is 0.442. The zero-order chi connectivity index (χ0) is 11.5. The lowest BCUT2D eigenvalue weighted by Crippen LogP contribution is -2.01. The number of pyridine rings is 1. The number of nitrogen functional groups attached to an aromatic ring is 2. The van der Waals surface area contributed by atoms with E-state index in [9.17, 15) is 0 Å². The average Bonchev–Trinajstić information content (AvgIpc) is 2.25. The number of rotatable bonds is 2. The Balaban J connectivity index is 2.23. The van der Waals surface area contributed by atoms with Crippen molar-refractivity contribution in [3.8, 4) is 0 Å². The molecule has 0 fully saturated rings. The number of aromatic nitrogens is 1. The number of hydrogen-bond acceptors (Lipinski definition) is 3. The van der Waals surface area contributed by atoms with Gasteiger partial charge in [-0.2, -0.15) is 0 Å². The van der Waals surface area contributed by atoms with Crippen LogP contribution in [0.5, 0.6) is 0 Å². The number of halogens is 1. The fraction of sp³-hybridized carbons (Fsp3) is 0.0833. The summed E-state index contributed by atoms with van der Waals surface area (Å²) in [6.07, 6.45) is 0.732. The van der Waals surface area contributed by atoms with Gasteiger partial charge >= 0.3 is 0 Å². The molecule has 0 aliphatic carbocycles. The van der Waals surface area contributed by atoms with Crippen molar-refractivity contribution in [2.45, 2.75) is 6.42 Å². The molecule has 3 nitrogen and oxygen atoms in total. The molecule has 2 aromatic rings. The molecule has 1 aromatic heterocycles. The Kier molecular flexibility index (Phi) is 2.97.